The third-order valence-corrected chi connectivity index (χ3v) is 3.34. The summed E-state index contributed by atoms with van der Waals surface area (Å²) in [5.41, 5.74) is 2.89. The zero-order valence-electron chi connectivity index (χ0n) is 11.3. The molecule has 0 atom stereocenters. The molecule has 0 aliphatic rings. The van der Waals surface area contributed by atoms with Crippen LogP contribution >= 0.6 is 11.6 Å². The Labute approximate surface area is 123 Å². The molecule has 0 bridgehead atoms. The van der Waals surface area contributed by atoms with E-state index in [9.17, 15) is 0 Å². The van der Waals surface area contributed by atoms with Crippen molar-refractivity contribution >= 4 is 11.6 Å². The van der Waals surface area contributed by atoms with Crippen LogP contribution in [-0.4, -0.2) is 12.2 Å². The molecule has 0 aliphatic carbocycles. The number of alkyl halides is 1. The fourth-order valence-electron chi connectivity index (χ4n) is 1.91. The number of methoxy groups -OCH3 is 1. The normalized spacial score (nSPS) is 10.3. The molecule has 0 spiro atoms. The molecule has 3 nitrogen and oxygen atoms in total. The minimum absolute atomic E-state index is 0.0221. The topological polar surface area (TPSA) is 38.7 Å². The van der Waals surface area contributed by atoms with Crippen LogP contribution in [0.3, 0.4) is 0 Å². The highest BCUT2D eigenvalue weighted by molar-refractivity contribution is 6.17. The first-order chi connectivity index (χ1) is 9.78. The van der Waals surface area contributed by atoms with Crippen molar-refractivity contribution in [2.45, 2.75) is 19.1 Å². The van der Waals surface area contributed by atoms with E-state index >= 15 is 0 Å². The van der Waals surface area contributed by atoms with Crippen LogP contribution in [0.25, 0.3) is 0 Å². The second kappa shape index (κ2) is 7.17. The summed E-state index contributed by atoms with van der Waals surface area (Å²) in [4.78, 5) is 0. The molecule has 4 heteroatoms. The molecular formula is C16H17ClO3. The first-order valence-electron chi connectivity index (χ1n) is 6.31. The summed E-state index contributed by atoms with van der Waals surface area (Å²) in [7, 11) is 1.58. The van der Waals surface area contributed by atoms with Gasteiger partial charge >= 0.3 is 0 Å². The standard InChI is InChI=1S/C16H17ClO3/c1-19-16-8-12(10-18)6-7-15(16)20-11-14-5-3-2-4-13(14)9-17/h2-8,18H,9-11H2,1H3. The van der Waals surface area contributed by atoms with Gasteiger partial charge in [0.05, 0.1) is 13.7 Å². The van der Waals surface area contributed by atoms with Gasteiger partial charge in [0.25, 0.3) is 0 Å². The Balaban J connectivity index is 2.14. The molecule has 0 unspecified atom stereocenters. The van der Waals surface area contributed by atoms with Gasteiger partial charge in [0.1, 0.15) is 6.61 Å². The lowest BCUT2D eigenvalue weighted by Gasteiger charge is -2.13. The zero-order valence-corrected chi connectivity index (χ0v) is 12.1. The molecule has 2 aromatic rings. The Morgan fingerprint density at radius 1 is 1.05 bits per heavy atom. The summed E-state index contributed by atoms with van der Waals surface area (Å²) in [6.45, 7) is 0.406. The van der Waals surface area contributed by atoms with Gasteiger partial charge in [-0.3, -0.25) is 0 Å². The Bertz CT molecular complexity index is 569. The van der Waals surface area contributed by atoms with Crippen LogP contribution in [-0.2, 0) is 19.1 Å². The first-order valence-corrected chi connectivity index (χ1v) is 6.85. The van der Waals surface area contributed by atoms with Gasteiger partial charge in [0.2, 0.25) is 0 Å². The number of hydrogen-bond acceptors (Lipinski definition) is 3. The molecule has 106 valence electrons. The molecular weight excluding hydrogens is 276 g/mol. The van der Waals surface area contributed by atoms with E-state index in [-0.39, 0.29) is 6.61 Å². The summed E-state index contributed by atoms with van der Waals surface area (Å²) in [5.74, 6) is 1.72. The molecule has 2 aromatic carbocycles. The smallest absolute Gasteiger partial charge is 0.161 e. The summed E-state index contributed by atoms with van der Waals surface area (Å²) in [5, 5.41) is 9.11. The minimum atomic E-state index is -0.0221. The molecule has 20 heavy (non-hydrogen) atoms. The monoisotopic (exact) mass is 292 g/mol. The Morgan fingerprint density at radius 3 is 2.45 bits per heavy atom. The van der Waals surface area contributed by atoms with Crippen LogP contribution in [0.15, 0.2) is 42.5 Å². The van der Waals surface area contributed by atoms with Crippen LogP contribution in [0.2, 0.25) is 0 Å². The molecule has 0 aliphatic heterocycles. The maximum absolute atomic E-state index is 9.11. The van der Waals surface area contributed by atoms with Crippen molar-refractivity contribution in [1.82, 2.24) is 0 Å². The fourth-order valence-corrected chi connectivity index (χ4v) is 2.17. The predicted octanol–water partition coefficient (Wildman–Crippen LogP) is 3.51. The van der Waals surface area contributed by atoms with Gasteiger partial charge in [-0.05, 0) is 28.8 Å². The molecule has 0 amide bonds. The Hall–Kier alpha value is -1.71. The number of ether oxygens (including phenoxy) is 2. The van der Waals surface area contributed by atoms with Crippen molar-refractivity contribution in [2.24, 2.45) is 0 Å². The molecule has 0 saturated heterocycles. The molecule has 2 rings (SSSR count). The Morgan fingerprint density at radius 2 is 1.80 bits per heavy atom. The van der Waals surface area contributed by atoms with E-state index in [1.54, 1.807) is 19.2 Å². The number of halogens is 1. The zero-order chi connectivity index (χ0) is 14.4. The molecule has 0 saturated carbocycles. The largest absolute Gasteiger partial charge is 0.493 e. The van der Waals surface area contributed by atoms with E-state index in [0.29, 0.717) is 24.0 Å². The lowest BCUT2D eigenvalue weighted by molar-refractivity contribution is 0.274. The summed E-state index contributed by atoms with van der Waals surface area (Å²) in [6, 6.07) is 13.3. The van der Waals surface area contributed by atoms with Crippen LogP contribution in [0.1, 0.15) is 16.7 Å². The van der Waals surface area contributed by atoms with Gasteiger partial charge in [-0.2, -0.15) is 0 Å². The van der Waals surface area contributed by atoms with Gasteiger partial charge in [-0.25, -0.2) is 0 Å². The summed E-state index contributed by atoms with van der Waals surface area (Å²) < 4.78 is 11.1. The minimum Gasteiger partial charge on any atom is -0.493 e. The third-order valence-electron chi connectivity index (χ3n) is 3.06. The molecule has 0 radical (unpaired) electrons. The van der Waals surface area contributed by atoms with Crippen LogP contribution in [0, 0.1) is 0 Å². The number of hydrogen-bond donors (Lipinski definition) is 1. The fraction of sp³-hybridized carbons (Fsp3) is 0.250. The second-order valence-electron chi connectivity index (χ2n) is 4.33. The molecule has 0 aromatic heterocycles. The van der Waals surface area contributed by atoms with Crippen molar-refractivity contribution in [1.29, 1.82) is 0 Å². The first kappa shape index (κ1) is 14.7. The number of benzene rings is 2. The van der Waals surface area contributed by atoms with Crippen molar-refractivity contribution < 1.29 is 14.6 Å². The van der Waals surface area contributed by atoms with Gasteiger partial charge < -0.3 is 14.6 Å². The van der Waals surface area contributed by atoms with Crippen LogP contribution in [0.4, 0.5) is 0 Å². The SMILES string of the molecule is COc1cc(CO)ccc1OCc1ccccc1CCl. The highest BCUT2D eigenvalue weighted by Crippen LogP contribution is 2.29. The predicted molar refractivity (Wildman–Crippen MR) is 79.2 cm³/mol. The van der Waals surface area contributed by atoms with Crippen molar-refractivity contribution in [3.05, 3.63) is 59.2 Å². The number of aliphatic hydroxyl groups excluding tert-OH is 1. The second-order valence-corrected chi connectivity index (χ2v) is 4.60. The van der Waals surface area contributed by atoms with E-state index in [4.69, 9.17) is 26.2 Å². The quantitative estimate of drug-likeness (QED) is 0.828. The average molecular weight is 293 g/mol. The van der Waals surface area contributed by atoms with Crippen molar-refractivity contribution in [3.63, 3.8) is 0 Å². The highest BCUT2D eigenvalue weighted by atomic mass is 35.5. The van der Waals surface area contributed by atoms with E-state index < -0.39 is 0 Å². The van der Waals surface area contributed by atoms with Crippen molar-refractivity contribution in [3.8, 4) is 11.5 Å². The molecule has 1 N–H and O–H groups in total. The van der Waals surface area contributed by atoms with Gasteiger partial charge in [-0.15, -0.1) is 11.6 Å². The maximum Gasteiger partial charge on any atom is 0.161 e. The average Bonchev–Trinajstić information content (AvgIpc) is 2.52. The van der Waals surface area contributed by atoms with E-state index in [1.165, 1.54) is 0 Å². The molecule has 0 heterocycles. The van der Waals surface area contributed by atoms with Crippen molar-refractivity contribution in [2.75, 3.05) is 7.11 Å². The summed E-state index contributed by atoms with van der Waals surface area (Å²) >= 11 is 5.90. The third kappa shape index (κ3) is 3.44. The Kier molecular flexibility index (Phi) is 5.27. The lowest BCUT2D eigenvalue weighted by Crippen LogP contribution is -2.01. The van der Waals surface area contributed by atoms with E-state index in [0.717, 1.165) is 16.7 Å². The van der Waals surface area contributed by atoms with Gasteiger partial charge in [0.15, 0.2) is 11.5 Å². The number of aliphatic hydroxyl groups is 1. The van der Waals surface area contributed by atoms with Gasteiger partial charge in [0, 0.05) is 5.88 Å². The van der Waals surface area contributed by atoms with Gasteiger partial charge in [-0.1, -0.05) is 30.3 Å². The van der Waals surface area contributed by atoms with E-state index in [1.807, 2.05) is 30.3 Å². The lowest BCUT2D eigenvalue weighted by atomic mass is 10.1. The van der Waals surface area contributed by atoms with E-state index in [2.05, 4.69) is 0 Å². The maximum atomic E-state index is 9.11. The number of rotatable bonds is 6. The van der Waals surface area contributed by atoms with Crippen LogP contribution < -0.4 is 9.47 Å². The highest BCUT2D eigenvalue weighted by Gasteiger charge is 2.07. The summed E-state index contributed by atoms with van der Waals surface area (Å²) in [6.07, 6.45) is 0. The molecule has 0 fully saturated rings. The van der Waals surface area contributed by atoms with Crippen LogP contribution in [0.5, 0.6) is 11.5 Å².